The van der Waals surface area contributed by atoms with Crippen molar-refractivity contribution in [3.05, 3.63) is 89.7 Å². The van der Waals surface area contributed by atoms with Gasteiger partial charge in [-0.05, 0) is 48.4 Å². The van der Waals surface area contributed by atoms with Crippen LogP contribution in [0.4, 0.5) is 10.1 Å². The lowest BCUT2D eigenvalue weighted by Gasteiger charge is -2.25. The number of anilines is 1. The quantitative estimate of drug-likeness (QED) is 0.613. The highest BCUT2D eigenvalue weighted by Crippen LogP contribution is 2.26. The van der Waals surface area contributed by atoms with Crippen LogP contribution in [0.5, 0.6) is 5.75 Å². The Hall–Kier alpha value is -3.39. The Kier molecular flexibility index (Phi) is 5.90. The highest BCUT2D eigenvalue weighted by atomic mass is 32.2. The van der Waals surface area contributed by atoms with Crippen molar-refractivity contribution in [2.45, 2.75) is 11.3 Å². The standard InChI is InChI=1S/C23H21FN2O4S/c24-20-9-2-3-10-21(20)26-31(28,29)19-8-5-7-18(13-19)23(27)25-14-16-12-17-6-1-4-11-22(17)30-15-16/h1-11,13,16,26H,12,14-15H2,(H,25,27). The number of benzene rings is 3. The monoisotopic (exact) mass is 440 g/mol. The van der Waals surface area contributed by atoms with Crippen LogP contribution >= 0.6 is 0 Å². The Morgan fingerprint density at radius 3 is 2.65 bits per heavy atom. The van der Waals surface area contributed by atoms with E-state index < -0.39 is 15.8 Å². The van der Waals surface area contributed by atoms with Gasteiger partial charge >= 0.3 is 0 Å². The second-order valence-electron chi connectivity index (χ2n) is 7.31. The molecule has 1 aliphatic heterocycles. The van der Waals surface area contributed by atoms with Crippen LogP contribution in [-0.4, -0.2) is 27.5 Å². The van der Waals surface area contributed by atoms with Gasteiger partial charge in [-0.15, -0.1) is 0 Å². The van der Waals surface area contributed by atoms with E-state index in [2.05, 4.69) is 10.0 Å². The van der Waals surface area contributed by atoms with Crippen molar-refractivity contribution in [3.63, 3.8) is 0 Å². The molecule has 0 saturated carbocycles. The highest BCUT2D eigenvalue weighted by Gasteiger charge is 2.21. The summed E-state index contributed by atoms with van der Waals surface area (Å²) in [5.41, 5.74) is 1.14. The first kappa shape index (κ1) is 20.9. The molecule has 1 atom stereocenters. The van der Waals surface area contributed by atoms with Gasteiger partial charge in [0, 0.05) is 18.0 Å². The largest absolute Gasteiger partial charge is 0.493 e. The summed E-state index contributed by atoms with van der Waals surface area (Å²) >= 11 is 0. The molecule has 0 fully saturated rings. The second kappa shape index (κ2) is 8.77. The normalized spacial score (nSPS) is 15.5. The Bertz CT molecular complexity index is 1210. The van der Waals surface area contributed by atoms with Crippen molar-refractivity contribution in [3.8, 4) is 5.75 Å². The third-order valence-corrected chi connectivity index (χ3v) is 6.39. The minimum atomic E-state index is -4.05. The maximum atomic E-state index is 13.8. The summed E-state index contributed by atoms with van der Waals surface area (Å²) in [5.74, 6) is -0.0862. The lowest BCUT2D eigenvalue weighted by molar-refractivity contribution is 0.0939. The molecule has 31 heavy (non-hydrogen) atoms. The smallest absolute Gasteiger partial charge is 0.262 e. The Morgan fingerprint density at radius 1 is 1.03 bits per heavy atom. The van der Waals surface area contributed by atoms with E-state index in [-0.39, 0.29) is 28.0 Å². The number of halogens is 1. The number of fused-ring (bicyclic) bond motifs is 1. The Labute approximate surface area is 180 Å². The topological polar surface area (TPSA) is 84.5 Å². The molecule has 0 aromatic heterocycles. The average molecular weight is 440 g/mol. The zero-order valence-electron chi connectivity index (χ0n) is 16.5. The van der Waals surface area contributed by atoms with E-state index >= 15 is 0 Å². The zero-order chi connectivity index (χ0) is 21.8. The van der Waals surface area contributed by atoms with Gasteiger partial charge in [0.2, 0.25) is 0 Å². The zero-order valence-corrected chi connectivity index (χ0v) is 17.4. The molecule has 8 heteroatoms. The molecule has 3 aromatic carbocycles. The summed E-state index contributed by atoms with van der Waals surface area (Å²) in [6, 6.07) is 18.9. The Morgan fingerprint density at radius 2 is 1.81 bits per heavy atom. The molecule has 0 radical (unpaired) electrons. The summed E-state index contributed by atoms with van der Waals surface area (Å²) in [5, 5.41) is 2.84. The summed E-state index contributed by atoms with van der Waals surface area (Å²) in [6.45, 7) is 0.899. The minimum Gasteiger partial charge on any atom is -0.493 e. The number of carbonyl (C=O) groups excluding carboxylic acids is 1. The molecule has 1 heterocycles. The third-order valence-electron chi connectivity index (χ3n) is 5.03. The number of amides is 1. The first-order chi connectivity index (χ1) is 14.9. The molecule has 1 unspecified atom stereocenters. The van der Waals surface area contributed by atoms with Crippen LogP contribution in [0, 0.1) is 11.7 Å². The minimum absolute atomic E-state index is 0.119. The van der Waals surface area contributed by atoms with Gasteiger partial charge in [-0.25, -0.2) is 12.8 Å². The lowest BCUT2D eigenvalue weighted by Crippen LogP contribution is -2.34. The van der Waals surface area contributed by atoms with Gasteiger partial charge in [0.05, 0.1) is 17.2 Å². The van der Waals surface area contributed by atoms with Crippen molar-refractivity contribution in [1.29, 1.82) is 0 Å². The van der Waals surface area contributed by atoms with Crippen LogP contribution < -0.4 is 14.8 Å². The number of hydrogen-bond acceptors (Lipinski definition) is 4. The molecule has 2 N–H and O–H groups in total. The number of para-hydroxylation sites is 2. The predicted molar refractivity (Wildman–Crippen MR) is 115 cm³/mol. The molecule has 6 nitrogen and oxygen atoms in total. The van der Waals surface area contributed by atoms with E-state index in [1.54, 1.807) is 0 Å². The number of ether oxygens (including phenoxy) is 1. The van der Waals surface area contributed by atoms with Crippen molar-refractivity contribution in [2.24, 2.45) is 5.92 Å². The van der Waals surface area contributed by atoms with Crippen molar-refractivity contribution in [1.82, 2.24) is 5.32 Å². The molecule has 0 saturated heterocycles. The molecule has 160 valence electrons. The van der Waals surface area contributed by atoms with Gasteiger partial charge in [-0.3, -0.25) is 9.52 Å². The van der Waals surface area contributed by atoms with Gasteiger partial charge in [0.15, 0.2) is 0 Å². The molecule has 0 spiro atoms. The van der Waals surface area contributed by atoms with Crippen LogP contribution in [0.25, 0.3) is 0 Å². The van der Waals surface area contributed by atoms with E-state index in [9.17, 15) is 17.6 Å². The van der Waals surface area contributed by atoms with E-state index in [0.717, 1.165) is 23.8 Å². The fourth-order valence-corrected chi connectivity index (χ4v) is 4.53. The van der Waals surface area contributed by atoms with Gasteiger partial charge in [0.25, 0.3) is 15.9 Å². The van der Waals surface area contributed by atoms with Crippen LogP contribution in [0.3, 0.4) is 0 Å². The average Bonchev–Trinajstić information content (AvgIpc) is 2.79. The van der Waals surface area contributed by atoms with Crippen molar-refractivity contribution < 1.29 is 22.3 Å². The highest BCUT2D eigenvalue weighted by molar-refractivity contribution is 7.92. The van der Waals surface area contributed by atoms with E-state index in [1.807, 2.05) is 24.3 Å². The van der Waals surface area contributed by atoms with E-state index in [1.165, 1.54) is 42.5 Å². The van der Waals surface area contributed by atoms with Crippen LogP contribution in [0.15, 0.2) is 77.7 Å². The van der Waals surface area contributed by atoms with Crippen molar-refractivity contribution >= 4 is 21.6 Å². The number of sulfonamides is 1. The summed E-state index contributed by atoms with van der Waals surface area (Å²) in [4.78, 5) is 12.5. The molecule has 3 aromatic rings. The van der Waals surface area contributed by atoms with Crippen molar-refractivity contribution in [2.75, 3.05) is 17.9 Å². The third kappa shape index (κ3) is 4.86. The number of carbonyl (C=O) groups is 1. The molecule has 0 aliphatic carbocycles. The van der Waals surface area contributed by atoms with Gasteiger partial charge in [0.1, 0.15) is 11.6 Å². The van der Waals surface area contributed by atoms with E-state index in [0.29, 0.717) is 13.2 Å². The van der Waals surface area contributed by atoms with Gasteiger partial charge in [-0.2, -0.15) is 0 Å². The molecular formula is C23H21FN2O4S. The van der Waals surface area contributed by atoms with E-state index in [4.69, 9.17) is 4.74 Å². The number of rotatable bonds is 6. The van der Waals surface area contributed by atoms with Crippen LogP contribution in [-0.2, 0) is 16.4 Å². The predicted octanol–water partition coefficient (Wildman–Crippen LogP) is 3.61. The van der Waals surface area contributed by atoms with Gasteiger partial charge in [-0.1, -0.05) is 36.4 Å². The fourth-order valence-electron chi connectivity index (χ4n) is 3.41. The van der Waals surface area contributed by atoms with Crippen LogP contribution in [0.1, 0.15) is 15.9 Å². The number of hydrogen-bond donors (Lipinski definition) is 2. The van der Waals surface area contributed by atoms with Crippen LogP contribution in [0.2, 0.25) is 0 Å². The second-order valence-corrected chi connectivity index (χ2v) is 8.99. The maximum absolute atomic E-state index is 13.8. The summed E-state index contributed by atoms with van der Waals surface area (Å²) in [6.07, 6.45) is 0.789. The Balaban J connectivity index is 1.42. The summed E-state index contributed by atoms with van der Waals surface area (Å²) < 4.78 is 47.0. The molecular weight excluding hydrogens is 419 g/mol. The molecule has 1 aliphatic rings. The SMILES string of the molecule is O=C(NCC1COc2ccccc2C1)c1cccc(S(=O)(=O)Nc2ccccc2F)c1. The number of nitrogens with one attached hydrogen (secondary N) is 2. The first-order valence-electron chi connectivity index (χ1n) is 9.79. The first-order valence-corrected chi connectivity index (χ1v) is 11.3. The lowest BCUT2D eigenvalue weighted by atomic mass is 9.96. The maximum Gasteiger partial charge on any atom is 0.262 e. The molecule has 1 amide bonds. The fraction of sp³-hybridized carbons (Fsp3) is 0.174. The van der Waals surface area contributed by atoms with Gasteiger partial charge < -0.3 is 10.1 Å². The molecule has 0 bridgehead atoms. The summed E-state index contributed by atoms with van der Waals surface area (Å²) in [7, 11) is -4.05. The molecule has 4 rings (SSSR count).